The van der Waals surface area contributed by atoms with E-state index in [4.69, 9.17) is 15.2 Å². The molecule has 3 heteroatoms. The monoisotopic (exact) mass is 199 g/mol. The number of hydrogen-bond acceptors (Lipinski definition) is 3. The van der Waals surface area contributed by atoms with Gasteiger partial charge in [-0.15, -0.1) is 0 Å². The highest BCUT2D eigenvalue weighted by atomic mass is 16.7. The first-order chi connectivity index (χ1) is 6.79. The first-order valence-corrected chi connectivity index (χ1v) is 5.81. The highest BCUT2D eigenvalue weighted by Gasteiger charge is 2.36. The Hall–Kier alpha value is -0.120. The Labute approximate surface area is 85.9 Å². The number of ether oxygens (including phenoxy) is 2. The van der Waals surface area contributed by atoms with Gasteiger partial charge >= 0.3 is 0 Å². The molecule has 2 N–H and O–H groups in total. The van der Waals surface area contributed by atoms with E-state index in [1.54, 1.807) is 0 Å². The Morgan fingerprint density at radius 2 is 1.79 bits per heavy atom. The van der Waals surface area contributed by atoms with E-state index in [0.29, 0.717) is 0 Å². The van der Waals surface area contributed by atoms with Crippen LogP contribution >= 0.6 is 0 Å². The first-order valence-electron chi connectivity index (χ1n) is 5.81. The summed E-state index contributed by atoms with van der Waals surface area (Å²) in [4.78, 5) is 0. The fourth-order valence-electron chi connectivity index (χ4n) is 1.95. The van der Waals surface area contributed by atoms with Crippen LogP contribution in [0.25, 0.3) is 0 Å². The zero-order valence-corrected chi connectivity index (χ0v) is 8.84. The molecule has 0 spiro atoms. The number of nitrogens with two attached hydrogens (primary N) is 1. The predicted molar refractivity (Wildman–Crippen MR) is 54.9 cm³/mol. The molecule has 1 saturated carbocycles. The highest BCUT2D eigenvalue weighted by Crippen LogP contribution is 2.37. The molecule has 0 bridgehead atoms. The van der Waals surface area contributed by atoms with Crippen LogP contribution in [-0.2, 0) is 9.47 Å². The lowest BCUT2D eigenvalue weighted by Gasteiger charge is -2.10. The van der Waals surface area contributed by atoms with Crippen LogP contribution in [0.2, 0.25) is 0 Å². The molecular formula is C11H21NO2. The van der Waals surface area contributed by atoms with Gasteiger partial charge in [0.05, 0.1) is 13.2 Å². The van der Waals surface area contributed by atoms with E-state index >= 15 is 0 Å². The Bertz CT molecular complexity index is 174. The van der Waals surface area contributed by atoms with Gasteiger partial charge in [0, 0.05) is 5.54 Å². The van der Waals surface area contributed by atoms with Gasteiger partial charge in [-0.05, 0) is 32.1 Å². The van der Waals surface area contributed by atoms with Crippen molar-refractivity contribution in [3.8, 4) is 0 Å². The summed E-state index contributed by atoms with van der Waals surface area (Å²) in [5.74, 6) is 0. The molecule has 0 aromatic heterocycles. The number of unbranched alkanes of at least 4 members (excludes halogenated alkanes) is 2. The van der Waals surface area contributed by atoms with E-state index in [0.717, 1.165) is 19.6 Å². The van der Waals surface area contributed by atoms with Gasteiger partial charge in [0.2, 0.25) is 0 Å². The summed E-state index contributed by atoms with van der Waals surface area (Å²) in [7, 11) is 0. The Balaban J connectivity index is 1.43. The van der Waals surface area contributed by atoms with Gasteiger partial charge in [0.25, 0.3) is 0 Å². The van der Waals surface area contributed by atoms with Crippen LogP contribution in [0.4, 0.5) is 0 Å². The van der Waals surface area contributed by atoms with Crippen molar-refractivity contribution >= 4 is 0 Å². The Morgan fingerprint density at radius 3 is 2.43 bits per heavy atom. The van der Waals surface area contributed by atoms with Crippen LogP contribution in [0.3, 0.4) is 0 Å². The fraction of sp³-hybridized carbons (Fsp3) is 1.00. The molecule has 2 rings (SSSR count). The van der Waals surface area contributed by atoms with E-state index in [2.05, 4.69) is 0 Å². The maximum Gasteiger partial charge on any atom is 0.157 e. The van der Waals surface area contributed by atoms with Crippen molar-refractivity contribution in [3.63, 3.8) is 0 Å². The number of rotatable bonds is 6. The molecule has 0 aromatic carbocycles. The quantitative estimate of drug-likeness (QED) is 0.663. The molecule has 1 aliphatic carbocycles. The second-order valence-corrected chi connectivity index (χ2v) is 4.63. The van der Waals surface area contributed by atoms with Crippen LogP contribution in [0, 0.1) is 0 Å². The van der Waals surface area contributed by atoms with E-state index in [1.165, 1.54) is 38.5 Å². The van der Waals surface area contributed by atoms with Gasteiger partial charge in [0.1, 0.15) is 0 Å². The largest absolute Gasteiger partial charge is 0.350 e. The van der Waals surface area contributed by atoms with E-state index in [-0.39, 0.29) is 11.8 Å². The predicted octanol–water partition coefficient (Wildman–Crippen LogP) is 1.80. The van der Waals surface area contributed by atoms with Gasteiger partial charge in [-0.2, -0.15) is 0 Å². The molecule has 0 aromatic rings. The molecule has 0 atom stereocenters. The minimum absolute atomic E-state index is 0.0859. The highest BCUT2D eigenvalue weighted by molar-refractivity contribution is 4.97. The summed E-state index contributed by atoms with van der Waals surface area (Å²) in [6.45, 7) is 1.55. The third kappa shape index (κ3) is 3.23. The van der Waals surface area contributed by atoms with E-state index < -0.39 is 0 Å². The Kier molecular flexibility index (Phi) is 3.42. The normalized spacial score (nSPS) is 25.5. The fourth-order valence-corrected chi connectivity index (χ4v) is 1.95. The molecule has 82 valence electrons. The molecule has 1 heterocycles. The lowest BCUT2D eigenvalue weighted by atomic mass is 10.1. The second-order valence-electron chi connectivity index (χ2n) is 4.63. The second kappa shape index (κ2) is 4.60. The third-order valence-electron chi connectivity index (χ3n) is 3.20. The van der Waals surface area contributed by atoms with Crippen LogP contribution in [-0.4, -0.2) is 25.0 Å². The lowest BCUT2D eigenvalue weighted by Crippen LogP contribution is -2.20. The Morgan fingerprint density at radius 1 is 1.07 bits per heavy atom. The third-order valence-corrected chi connectivity index (χ3v) is 3.20. The number of hydrogen-bond donors (Lipinski definition) is 1. The molecule has 0 unspecified atom stereocenters. The average molecular weight is 199 g/mol. The van der Waals surface area contributed by atoms with Crippen molar-refractivity contribution in [3.05, 3.63) is 0 Å². The first kappa shape index (κ1) is 10.4. The summed E-state index contributed by atoms with van der Waals surface area (Å²) < 4.78 is 10.7. The van der Waals surface area contributed by atoms with E-state index in [9.17, 15) is 0 Å². The molecule has 2 aliphatic rings. The van der Waals surface area contributed by atoms with Crippen LogP contribution in [0.15, 0.2) is 0 Å². The molecule has 1 aliphatic heterocycles. The van der Waals surface area contributed by atoms with Gasteiger partial charge in [-0.25, -0.2) is 0 Å². The minimum atomic E-state index is 0.0859. The van der Waals surface area contributed by atoms with Crippen LogP contribution < -0.4 is 5.73 Å². The van der Waals surface area contributed by atoms with Crippen molar-refractivity contribution in [2.45, 2.75) is 56.8 Å². The smallest absolute Gasteiger partial charge is 0.157 e. The molecule has 2 fully saturated rings. The summed E-state index contributed by atoms with van der Waals surface area (Å²) in [5.41, 5.74) is 6.24. The molecule has 14 heavy (non-hydrogen) atoms. The molecule has 0 radical (unpaired) electrons. The van der Waals surface area contributed by atoms with Crippen molar-refractivity contribution in [1.29, 1.82) is 0 Å². The summed E-state index contributed by atoms with van der Waals surface area (Å²) in [5, 5.41) is 0. The zero-order chi connectivity index (χ0) is 9.86. The molecule has 0 amide bonds. The van der Waals surface area contributed by atoms with Gasteiger partial charge in [-0.1, -0.05) is 12.8 Å². The van der Waals surface area contributed by atoms with Crippen molar-refractivity contribution < 1.29 is 9.47 Å². The summed E-state index contributed by atoms with van der Waals surface area (Å²) >= 11 is 0. The molecule has 3 nitrogen and oxygen atoms in total. The van der Waals surface area contributed by atoms with Gasteiger partial charge < -0.3 is 15.2 Å². The van der Waals surface area contributed by atoms with Gasteiger partial charge in [-0.3, -0.25) is 0 Å². The summed E-state index contributed by atoms with van der Waals surface area (Å²) in [6.07, 6.45) is 8.56. The van der Waals surface area contributed by atoms with Gasteiger partial charge in [0.15, 0.2) is 6.29 Å². The lowest BCUT2D eigenvalue weighted by molar-refractivity contribution is -0.0480. The molecular weight excluding hydrogens is 178 g/mol. The maximum absolute atomic E-state index is 6.00. The topological polar surface area (TPSA) is 44.5 Å². The maximum atomic E-state index is 6.00. The summed E-state index contributed by atoms with van der Waals surface area (Å²) in [6, 6.07) is 0. The van der Waals surface area contributed by atoms with Crippen LogP contribution in [0.1, 0.15) is 44.9 Å². The zero-order valence-electron chi connectivity index (χ0n) is 8.84. The van der Waals surface area contributed by atoms with Crippen molar-refractivity contribution in [1.82, 2.24) is 0 Å². The van der Waals surface area contributed by atoms with Crippen molar-refractivity contribution in [2.75, 3.05) is 13.2 Å². The van der Waals surface area contributed by atoms with Crippen LogP contribution in [0.5, 0.6) is 0 Å². The SMILES string of the molecule is NC1(CCCCCC2OCCO2)CC1. The molecule has 1 saturated heterocycles. The van der Waals surface area contributed by atoms with E-state index in [1.807, 2.05) is 0 Å². The minimum Gasteiger partial charge on any atom is -0.350 e. The standard InChI is InChI=1S/C11H21NO2/c12-11(6-7-11)5-3-1-2-4-10-13-8-9-14-10/h10H,1-9,12H2. The average Bonchev–Trinajstić information content (AvgIpc) is 2.70. The van der Waals surface area contributed by atoms with Crippen molar-refractivity contribution in [2.24, 2.45) is 5.73 Å².